The summed E-state index contributed by atoms with van der Waals surface area (Å²) in [4.78, 5) is 0. The van der Waals surface area contributed by atoms with Gasteiger partial charge in [0.2, 0.25) is 0 Å². The van der Waals surface area contributed by atoms with E-state index in [9.17, 15) is 0 Å². The molecule has 2 nitrogen and oxygen atoms in total. The fourth-order valence-electron chi connectivity index (χ4n) is 4.07. The standard InChI is InChI=1S/C25H16N2/c1-2-9-19-16-27-20(13-17(19)7-1)15-25(26-27)24-14-18-8-3-4-10-21(18)22-11-5-6-12-23(22)24/h1-16H. The Kier molecular flexibility index (Phi) is 2.91. The van der Waals surface area contributed by atoms with Gasteiger partial charge >= 0.3 is 0 Å². The third-order valence-corrected chi connectivity index (χ3v) is 5.37. The molecule has 0 radical (unpaired) electrons. The molecule has 0 unspecified atom stereocenters. The molecular formula is C25H16N2. The van der Waals surface area contributed by atoms with Gasteiger partial charge in [0, 0.05) is 17.1 Å². The highest BCUT2D eigenvalue weighted by atomic mass is 15.2. The van der Waals surface area contributed by atoms with E-state index >= 15 is 0 Å². The van der Waals surface area contributed by atoms with Gasteiger partial charge in [-0.2, -0.15) is 5.10 Å². The third-order valence-electron chi connectivity index (χ3n) is 5.37. The minimum absolute atomic E-state index is 1.01. The lowest BCUT2D eigenvalue weighted by atomic mass is 9.96. The Hall–Kier alpha value is -3.65. The molecule has 2 heterocycles. The maximum atomic E-state index is 4.91. The van der Waals surface area contributed by atoms with Crippen LogP contribution in [-0.4, -0.2) is 9.61 Å². The van der Waals surface area contributed by atoms with Crippen LogP contribution < -0.4 is 0 Å². The highest BCUT2D eigenvalue weighted by Gasteiger charge is 2.11. The first kappa shape index (κ1) is 14.5. The molecule has 6 aromatic rings. The molecule has 0 saturated heterocycles. The maximum Gasteiger partial charge on any atom is 0.0940 e. The monoisotopic (exact) mass is 344 g/mol. The first-order valence-corrected chi connectivity index (χ1v) is 9.16. The molecule has 6 rings (SSSR count). The molecule has 0 N–H and O–H groups in total. The van der Waals surface area contributed by atoms with Crippen LogP contribution in [0.15, 0.2) is 97.2 Å². The van der Waals surface area contributed by atoms with Gasteiger partial charge in [0.15, 0.2) is 0 Å². The van der Waals surface area contributed by atoms with Gasteiger partial charge < -0.3 is 0 Å². The summed E-state index contributed by atoms with van der Waals surface area (Å²) in [6, 6.07) is 32.2. The summed E-state index contributed by atoms with van der Waals surface area (Å²) in [5, 5.41) is 12.4. The van der Waals surface area contributed by atoms with Gasteiger partial charge in [0.1, 0.15) is 0 Å². The Balaban J connectivity index is 1.70. The van der Waals surface area contributed by atoms with E-state index in [4.69, 9.17) is 5.10 Å². The van der Waals surface area contributed by atoms with Crippen LogP contribution in [0.3, 0.4) is 0 Å². The van der Waals surface area contributed by atoms with Crippen LogP contribution in [0.1, 0.15) is 0 Å². The van der Waals surface area contributed by atoms with Crippen LogP contribution in [0, 0.1) is 0 Å². The second-order valence-corrected chi connectivity index (χ2v) is 6.99. The van der Waals surface area contributed by atoms with Crippen molar-refractivity contribution in [3.8, 4) is 11.3 Å². The molecule has 0 fully saturated rings. The van der Waals surface area contributed by atoms with Gasteiger partial charge in [-0.15, -0.1) is 0 Å². The number of hydrogen-bond acceptors (Lipinski definition) is 1. The lowest BCUT2D eigenvalue weighted by molar-refractivity contribution is 0.975. The zero-order chi connectivity index (χ0) is 17.8. The number of nitrogens with zero attached hydrogens (tertiary/aromatic N) is 2. The molecule has 0 amide bonds. The van der Waals surface area contributed by atoms with Crippen molar-refractivity contribution in [2.45, 2.75) is 0 Å². The van der Waals surface area contributed by atoms with E-state index in [1.165, 1.54) is 37.9 Å². The molecule has 27 heavy (non-hydrogen) atoms. The van der Waals surface area contributed by atoms with Gasteiger partial charge in [-0.1, -0.05) is 72.8 Å². The fourth-order valence-corrected chi connectivity index (χ4v) is 4.07. The van der Waals surface area contributed by atoms with E-state index in [2.05, 4.69) is 97.2 Å². The second kappa shape index (κ2) is 5.42. The molecule has 4 aromatic carbocycles. The van der Waals surface area contributed by atoms with Crippen molar-refractivity contribution in [1.29, 1.82) is 0 Å². The van der Waals surface area contributed by atoms with E-state index in [1.54, 1.807) is 0 Å². The van der Waals surface area contributed by atoms with Gasteiger partial charge in [-0.3, -0.25) is 0 Å². The zero-order valence-electron chi connectivity index (χ0n) is 14.6. The Labute approximate surface area is 156 Å². The second-order valence-electron chi connectivity index (χ2n) is 6.99. The fraction of sp³-hybridized carbons (Fsp3) is 0. The van der Waals surface area contributed by atoms with Gasteiger partial charge in [0.05, 0.1) is 11.2 Å². The number of aromatic nitrogens is 2. The van der Waals surface area contributed by atoms with Crippen LogP contribution in [-0.2, 0) is 0 Å². The quantitative estimate of drug-likeness (QED) is 0.313. The molecule has 2 heteroatoms. The molecule has 0 saturated carbocycles. The van der Waals surface area contributed by atoms with Crippen molar-refractivity contribution in [1.82, 2.24) is 9.61 Å². The molecule has 0 aliphatic carbocycles. The lowest BCUT2D eigenvalue weighted by Gasteiger charge is -2.08. The largest absolute Gasteiger partial charge is 0.240 e. The Morgan fingerprint density at radius 3 is 2.07 bits per heavy atom. The van der Waals surface area contributed by atoms with Crippen molar-refractivity contribution in [2.75, 3.05) is 0 Å². The number of fused-ring (bicyclic) bond motifs is 5. The van der Waals surface area contributed by atoms with Crippen LogP contribution in [0.25, 0.3) is 49.1 Å². The predicted molar refractivity (Wildman–Crippen MR) is 113 cm³/mol. The normalized spacial score (nSPS) is 11.7. The molecular weight excluding hydrogens is 328 g/mol. The lowest BCUT2D eigenvalue weighted by Crippen LogP contribution is -1.88. The van der Waals surface area contributed by atoms with Crippen molar-refractivity contribution >= 4 is 37.8 Å². The van der Waals surface area contributed by atoms with Gasteiger partial charge in [-0.05, 0) is 45.1 Å². The van der Waals surface area contributed by atoms with Gasteiger partial charge in [-0.25, -0.2) is 4.52 Å². The smallest absolute Gasteiger partial charge is 0.0940 e. The molecule has 126 valence electrons. The molecule has 0 aliphatic rings. The SMILES string of the molecule is c1ccc2cn3nc(-c4cc5ccccc5c5ccccc45)cc3cc2c1. The van der Waals surface area contributed by atoms with E-state index in [1.807, 2.05) is 4.52 Å². The van der Waals surface area contributed by atoms with Crippen molar-refractivity contribution in [3.63, 3.8) is 0 Å². The molecule has 0 atom stereocenters. The van der Waals surface area contributed by atoms with E-state index < -0.39 is 0 Å². The molecule has 0 bridgehead atoms. The average Bonchev–Trinajstić information content (AvgIpc) is 3.14. The van der Waals surface area contributed by atoms with Crippen LogP contribution >= 0.6 is 0 Å². The molecule has 0 spiro atoms. The minimum atomic E-state index is 1.01. The summed E-state index contributed by atoms with van der Waals surface area (Å²) < 4.78 is 1.99. The van der Waals surface area contributed by atoms with Crippen molar-refractivity contribution in [3.05, 3.63) is 97.2 Å². The van der Waals surface area contributed by atoms with E-state index in [0.29, 0.717) is 0 Å². The predicted octanol–water partition coefficient (Wildman–Crippen LogP) is 6.46. The summed E-state index contributed by atoms with van der Waals surface area (Å²) in [6.07, 6.45) is 2.11. The number of hydrogen-bond donors (Lipinski definition) is 0. The number of pyridine rings is 1. The maximum absolute atomic E-state index is 4.91. The van der Waals surface area contributed by atoms with Crippen LogP contribution in [0.5, 0.6) is 0 Å². The number of rotatable bonds is 1. The van der Waals surface area contributed by atoms with Crippen molar-refractivity contribution < 1.29 is 0 Å². The number of benzene rings is 4. The molecule has 2 aromatic heterocycles. The topological polar surface area (TPSA) is 17.3 Å². The summed E-state index contributed by atoms with van der Waals surface area (Å²) in [5.74, 6) is 0. The first-order chi connectivity index (χ1) is 13.4. The molecule has 0 aliphatic heterocycles. The van der Waals surface area contributed by atoms with E-state index in [0.717, 1.165) is 11.2 Å². The average molecular weight is 344 g/mol. The van der Waals surface area contributed by atoms with Crippen molar-refractivity contribution in [2.24, 2.45) is 0 Å². The summed E-state index contributed by atoms with van der Waals surface area (Å²) in [7, 11) is 0. The van der Waals surface area contributed by atoms with Crippen LogP contribution in [0.2, 0.25) is 0 Å². The van der Waals surface area contributed by atoms with Gasteiger partial charge in [0.25, 0.3) is 0 Å². The summed E-state index contributed by atoms with van der Waals surface area (Å²) in [5.41, 5.74) is 3.30. The Morgan fingerprint density at radius 2 is 1.22 bits per heavy atom. The highest BCUT2D eigenvalue weighted by molar-refractivity contribution is 6.13. The van der Waals surface area contributed by atoms with E-state index in [-0.39, 0.29) is 0 Å². The Bertz CT molecular complexity index is 1420. The zero-order valence-corrected chi connectivity index (χ0v) is 14.6. The third kappa shape index (κ3) is 2.17. The first-order valence-electron chi connectivity index (χ1n) is 9.16. The van der Waals surface area contributed by atoms with Crippen LogP contribution in [0.4, 0.5) is 0 Å². The highest BCUT2D eigenvalue weighted by Crippen LogP contribution is 2.34. The summed E-state index contributed by atoms with van der Waals surface area (Å²) >= 11 is 0. The minimum Gasteiger partial charge on any atom is -0.240 e. The Morgan fingerprint density at radius 1 is 0.556 bits per heavy atom. The summed E-state index contributed by atoms with van der Waals surface area (Å²) in [6.45, 7) is 0.